The topological polar surface area (TPSA) is 32.5 Å². The summed E-state index contributed by atoms with van der Waals surface area (Å²) in [6.07, 6.45) is 9.93. The molecule has 5 nitrogen and oxygen atoms in total. The van der Waals surface area contributed by atoms with Crippen molar-refractivity contribution in [2.75, 3.05) is 45.2 Å². The molecule has 0 fully saturated rings. The van der Waals surface area contributed by atoms with Crippen LogP contribution in [0.1, 0.15) is 71.4 Å². The number of carbonyl (C=O) groups is 1. The summed E-state index contributed by atoms with van der Waals surface area (Å²) >= 11 is 7.33. The number of anilines is 1. The first-order valence-electron chi connectivity index (χ1n) is 18.6. The van der Waals surface area contributed by atoms with E-state index < -0.39 is 0 Å². The molecule has 1 unspecified atom stereocenters. The molecule has 1 atom stereocenters. The molecule has 3 heterocycles. The van der Waals surface area contributed by atoms with Gasteiger partial charge in [0.15, 0.2) is 5.71 Å². The fourth-order valence-corrected chi connectivity index (χ4v) is 8.51. The van der Waals surface area contributed by atoms with Gasteiger partial charge in [-0.15, -0.1) is 5.73 Å². The number of nitrogens with zero attached hydrogens (tertiary/aromatic N) is 3. The number of carbonyl (C=O) groups excluding carboxylic acids is 1. The van der Waals surface area contributed by atoms with Crippen LogP contribution in [0.15, 0.2) is 119 Å². The number of halogens is 3. The first kappa shape index (κ1) is 42.2. The summed E-state index contributed by atoms with van der Waals surface area (Å²) < 4.78 is 8.78. The maximum atomic E-state index is 12.4. The number of likely N-dealkylation sites (N-methyl/N-ethyl adjacent to an activating group) is 1. The lowest BCUT2D eigenvalue weighted by molar-refractivity contribution is -0.889. The monoisotopic (exact) mass is 773 g/mol. The van der Waals surface area contributed by atoms with Crippen LogP contribution in [0.3, 0.4) is 0 Å². The molecule has 0 spiro atoms. The maximum absolute atomic E-state index is 12.4. The molecule has 3 aliphatic heterocycles. The number of benzene rings is 3. The Hall–Kier alpha value is -3.57. The lowest BCUT2D eigenvalue weighted by Crippen LogP contribution is -3.00. The summed E-state index contributed by atoms with van der Waals surface area (Å²) in [7, 11) is 4.59. The lowest BCUT2D eigenvalue weighted by Gasteiger charge is -2.37. The van der Waals surface area contributed by atoms with Crippen LogP contribution in [0, 0.1) is 5.92 Å². The number of allylic oxidation sites excluding steroid dienone is 1. The van der Waals surface area contributed by atoms with Crippen molar-refractivity contribution in [1.82, 2.24) is 0 Å². The highest BCUT2D eigenvalue weighted by Gasteiger charge is 2.44. The van der Waals surface area contributed by atoms with Crippen molar-refractivity contribution < 1.29 is 43.4 Å². The molecule has 3 aliphatic rings. The molecule has 53 heavy (non-hydrogen) atoms. The zero-order valence-electron chi connectivity index (χ0n) is 32.3. The molecule has 6 rings (SSSR count). The third-order valence-electron chi connectivity index (χ3n) is 10.9. The molecular weight excluding hydrogens is 721 g/mol. The number of rotatable bonds is 11. The second-order valence-corrected chi connectivity index (χ2v) is 16.3. The van der Waals surface area contributed by atoms with Gasteiger partial charge in [0.25, 0.3) is 0 Å². The summed E-state index contributed by atoms with van der Waals surface area (Å²) in [5.41, 5.74) is 12.4. The number of esters is 1. The van der Waals surface area contributed by atoms with E-state index in [1.807, 2.05) is 30.3 Å². The van der Waals surface area contributed by atoms with Gasteiger partial charge in [0.2, 0.25) is 5.69 Å². The van der Waals surface area contributed by atoms with E-state index >= 15 is 0 Å². The Labute approximate surface area is 334 Å². The molecule has 3 aromatic rings. The van der Waals surface area contributed by atoms with Gasteiger partial charge in [0.05, 0.1) is 37.7 Å². The highest BCUT2D eigenvalue weighted by atomic mass is 35.5. The van der Waals surface area contributed by atoms with E-state index in [0.717, 1.165) is 55.0 Å². The summed E-state index contributed by atoms with van der Waals surface area (Å²) in [6.45, 7) is 15.0. The van der Waals surface area contributed by atoms with Crippen molar-refractivity contribution in [1.29, 1.82) is 0 Å². The summed E-state index contributed by atoms with van der Waals surface area (Å²) in [4.78, 5) is 14.8. The Morgan fingerprint density at radius 2 is 1.57 bits per heavy atom. The number of quaternary nitrogens is 1. The minimum Gasteiger partial charge on any atom is -1.00 e. The van der Waals surface area contributed by atoms with Crippen LogP contribution < -0.4 is 34.5 Å². The van der Waals surface area contributed by atoms with Crippen LogP contribution in [0.2, 0.25) is 0 Å². The number of fused-ring (bicyclic) bond motifs is 2. The van der Waals surface area contributed by atoms with Gasteiger partial charge in [-0.25, -0.2) is 0 Å². The number of hydrogen-bond acceptors (Lipinski definition) is 3. The van der Waals surface area contributed by atoms with Crippen LogP contribution in [0.4, 0.5) is 11.4 Å². The Bertz CT molecular complexity index is 1950. The van der Waals surface area contributed by atoms with Crippen LogP contribution >= 0.6 is 11.6 Å². The number of hydrogen-bond donors (Lipinski definition) is 0. The van der Waals surface area contributed by atoms with Gasteiger partial charge in [-0.3, -0.25) is 4.79 Å². The first-order valence-corrected chi connectivity index (χ1v) is 18.9. The molecular formula is C45H54Cl3N3O2. The van der Waals surface area contributed by atoms with Crippen molar-refractivity contribution in [3.8, 4) is 5.75 Å². The quantitative estimate of drug-likeness (QED) is 0.0742. The Kier molecular flexibility index (Phi) is 13.7. The largest absolute Gasteiger partial charge is 1.00 e. The number of unbranched alkanes of at least 4 members (excludes halogenated alkanes) is 2. The predicted octanol–water partition coefficient (Wildman–Crippen LogP) is 3.85. The van der Waals surface area contributed by atoms with E-state index in [1.165, 1.54) is 39.5 Å². The Morgan fingerprint density at radius 3 is 2.28 bits per heavy atom. The molecule has 3 aromatic carbocycles. The third kappa shape index (κ3) is 8.88. The summed E-state index contributed by atoms with van der Waals surface area (Å²) in [6, 6.07) is 26.8. The molecule has 8 heteroatoms. The second-order valence-electron chi connectivity index (χ2n) is 15.9. The van der Waals surface area contributed by atoms with Crippen LogP contribution in [-0.2, 0) is 15.6 Å². The van der Waals surface area contributed by atoms with E-state index in [1.54, 1.807) is 0 Å². The minimum atomic E-state index is -0.201. The van der Waals surface area contributed by atoms with Crippen molar-refractivity contribution in [3.63, 3.8) is 0 Å². The van der Waals surface area contributed by atoms with Crippen molar-refractivity contribution in [2.45, 2.75) is 71.1 Å². The molecule has 0 saturated heterocycles. The standard InChI is InChI=1S/C45H54ClN3O2.2ClH/c1-8-47-38-23-16-14-21-36(38)44(2,3)40(47)28-26-33-31-49(6,7)32-34(43(33)46)27-29-41-45(4,5)37-22-15-17-24-39(37)48(41)30-18-10-13-25-42(50)51-35-19-11-9-12-20-35;;/h9,11-12,14-17,19-24,26-28,34H,8,10,13,18,25,30-32H2,1-7H3;2*1H/q+2;;/p-2/b28-26+;;. The average Bonchev–Trinajstić information content (AvgIpc) is 3.46. The molecule has 0 radical (unpaired) electrons. The Balaban J connectivity index is 0.00000314. The lowest BCUT2D eigenvalue weighted by atomic mass is 9.81. The fourth-order valence-electron chi connectivity index (χ4n) is 8.25. The van der Waals surface area contributed by atoms with Gasteiger partial charge in [-0.2, -0.15) is 4.58 Å². The van der Waals surface area contributed by atoms with E-state index in [4.69, 9.17) is 16.3 Å². The van der Waals surface area contributed by atoms with Gasteiger partial charge in [0, 0.05) is 52.4 Å². The van der Waals surface area contributed by atoms with Crippen LogP contribution in [-0.4, -0.2) is 61.0 Å². The van der Waals surface area contributed by atoms with Gasteiger partial charge in [0.1, 0.15) is 18.8 Å². The SMILES string of the molecule is CC[N+]1=C(/C=C/C2=C(Cl)C(C=C=C3N(CCCCCC(=O)Oc4ccccc4)c4ccccc4C3(C)C)C[N+](C)(C)C2)C(C)(C)c2ccccc21.[Cl-].[Cl-]. The maximum Gasteiger partial charge on any atom is 0.311 e. The van der Waals surface area contributed by atoms with Gasteiger partial charge < -0.3 is 38.9 Å². The van der Waals surface area contributed by atoms with Gasteiger partial charge >= 0.3 is 5.97 Å². The summed E-state index contributed by atoms with van der Waals surface area (Å²) in [5, 5.41) is 0.913. The number of para-hydroxylation sites is 3. The molecule has 0 amide bonds. The van der Waals surface area contributed by atoms with Crippen molar-refractivity contribution >= 4 is 34.7 Å². The highest BCUT2D eigenvalue weighted by molar-refractivity contribution is 6.30. The number of ether oxygens (including phenoxy) is 1. The minimum absolute atomic E-state index is 0. The predicted molar refractivity (Wildman–Crippen MR) is 211 cm³/mol. The van der Waals surface area contributed by atoms with Crippen molar-refractivity contribution in [3.05, 3.63) is 130 Å². The van der Waals surface area contributed by atoms with E-state index in [0.29, 0.717) is 12.2 Å². The van der Waals surface area contributed by atoms with Gasteiger partial charge in [-0.1, -0.05) is 72.6 Å². The van der Waals surface area contributed by atoms with Crippen LogP contribution in [0.25, 0.3) is 0 Å². The molecule has 0 aromatic heterocycles. The fraction of sp³-hybridized carbons (Fsp3) is 0.400. The molecule has 282 valence electrons. The highest BCUT2D eigenvalue weighted by Crippen LogP contribution is 2.47. The molecule has 0 N–H and O–H groups in total. The average molecular weight is 775 g/mol. The van der Waals surface area contributed by atoms with Crippen molar-refractivity contribution in [2.24, 2.45) is 5.92 Å². The van der Waals surface area contributed by atoms with Crippen LogP contribution in [0.5, 0.6) is 5.75 Å². The van der Waals surface area contributed by atoms with Gasteiger partial charge in [-0.05, 0) is 83.4 Å². The smallest absolute Gasteiger partial charge is 0.311 e. The van der Waals surface area contributed by atoms with E-state index in [-0.39, 0.29) is 47.5 Å². The first-order chi connectivity index (χ1) is 24.3. The van der Waals surface area contributed by atoms with E-state index in [2.05, 4.69) is 131 Å². The normalized spacial score (nSPS) is 19.3. The molecule has 0 bridgehead atoms. The summed E-state index contributed by atoms with van der Waals surface area (Å²) in [5.74, 6) is 0.480. The third-order valence-corrected chi connectivity index (χ3v) is 11.4. The van der Waals surface area contributed by atoms with E-state index in [9.17, 15) is 4.79 Å². The molecule has 0 saturated carbocycles. The zero-order valence-corrected chi connectivity index (χ0v) is 34.5. The molecule has 0 aliphatic carbocycles. The second kappa shape index (κ2) is 17.3. The zero-order chi connectivity index (χ0) is 36.4. The Morgan fingerprint density at radius 1 is 0.906 bits per heavy atom.